The minimum Gasteiger partial charge on any atom is -0.458 e. The molecule has 2 unspecified atom stereocenters. The second kappa shape index (κ2) is 9.76. The van der Waals surface area contributed by atoms with E-state index in [9.17, 15) is 19.1 Å². The van der Waals surface area contributed by atoms with Crippen molar-refractivity contribution in [2.45, 2.75) is 58.0 Å². The zero-order chi connectivity index (χ0) is 27.5. The van der Waals surface area contributed by atoms with Gasteiger partial charge in [0.2, 0.25) is 0 Å². The van der Waals surface area contributed by atoms with Crippen LogP contribution in [0.25, 0.3) is 22.3 Å². The van der Waals surface area contributed by atoms with Gasteiger partial charge in [-0.05, 0) is 48.9 Å². The van der Waals surface area contributed by atoms with E-state index in [0.29, 0.717) is 35.3 Å². The van der Waals surface area contributed by atoms with Crippen LogP contribution in [0.1, 0.15) is 59.3 Å². The van der Waals surface area contributed by atoms with E-state index < -0.39 is 17.7 Å². The predicted octanol–water partition coefficient (Wildman–Crippen LogP) is 2.01. The number of morpholine rings is 1. The van der Waals surface area contributed by atoms with Crippen LogP contribution in [0.15, 0.2) is 16.9 Å². The number of fused-ring (bicyclic) bond motifs is 5. The largest absolute Gasteiger partial charge is 0.458 e. The molecule has 10 nitrogen and oxygen atoms in total. The number of aliphatic hydroxyl groups is 1. The summed E-state index contributed by atoms with van der Waals surface area (Å²) in [5.74, 6) is 4.53. The monoisotopic (exact) mass is 538 g/mol. The van der Waals surface area contributed by atoms with Gasteiger partial charge in [0.15, 0.2) is 5.60 Å². The molecule has 3 aromatic rings. The van der Waals surface area contributed by atoms with Gasteiger partial charge >= 0.3 is 5.97 Å². The second-order valence-electron chi connectivity index (χ2n) is 10.3. The maximum Gasteiger partial charge on any atom is 0.343 e. The molecule has 1 aromatic carbocycles. The number of hydrogen-bond acceptors (Lipinski definition) is 9. The van der Waals surface area contributed by atoms with Gasteiger partial charge in [-0.1, -0.05) is 6.92 Å². The third kappa shape index (κ3) is 3.91. The number of nitrogens with two attached hydrogens (primary N) is 1. The normalized spacial score (nSPS) is 22.9. The van der Waals surface area contributed by atoms with Crippen molar-refractivity contribution in [2.75, 3.05) is 26.3 Å². The molecule has 39 heavy (non-hydrogen) atoms. The van der Waals surface area contributed by atoms with Crippen molar-refractivity contribution in [2.24, 2.45) is 5.90 Å². The maximum absolute atomic E-state index is 14.7. The highest BCUT2D eigenvalue weighted by Gasteiger charge is 2.46. The summed E-state index contributed by atoms with van der Waals surface area (Å²) in [6.45, 7) is 7.28. The molecule has 4 N–H and O–H groups in total. The van der Waals surface area contributed by atoms with Crippen molar-refractivity contribution in [1.82, 2.24) is 14.9 Å². The topological polar surface area (TPSA) is 138 Å². The number of esters is 1. The molecule has 3 aliphatic heterocycles. The Kier molecular flexibility index (Phi) is 6.51. The summed E-state index contributed by atoms with van der Waals surface area (Å²) in [6, 6.07) is 3.04. The van der Waals surface area contributed by atoms with Crippen molar-refractivity contribution >= 4 is 16.9 Å². The smallest absolute Gasteiger partial charge is 0.343 e. The summed E-state index contributed by atoms with van der Waals surface area (Å²) in [7, 11) is 0. The SMILES string of the molecule is C1COCCN1.CCC1(O)C(=O)OCc2c1cc1n(c2=O)Cc2c-1nc1cc(F)c(C)c3c1c2C(ON)CC3. The van der Waals surface area contributed by atoms with E-state index in [1.165, 1.54) is 6.07 Å². The Balaban J connectivity index is 0.000000410. The number of halogens is 1. The molecule has 0 radical (unpaired) electrons. The molecule has 7 rings (SSSR count). The number of aromatic nitrogens is 2. The molecule has 0 amide bonds. The highest BCUT2D eigenvalue weighted by molar-refractivity contribution is 5.93. The molecule has 2 aromatic heterocycles. The average molecular weight is 539 g/mol. The molecule has 5 heterocycles. The number of rotatable bonds is 2. The lowest BCUT2D eigenvalue weighted by atomic mass is 9.83. The minimum atomic E-state index is -1.91. The number of benzene rings is 1. The summed E-state index contributed by atoms with van der Waals surface area (Å²) in [5, 5.41) is 15.0. The second-order valence-corrected chi connectivity index (χ2v) is 10.3. The van der Waals surface area contributed by atoms with Gasteiger partial charge < -0.3 is 24.5 Å². The van der Waals surface area contributed by atoms with E-state index in [-0.39, 0.29) is 42.1 Å². The zero-order valence-corrected chi connectivity index (χ0v) is 21.9. The Bertz CT molecular complexity index is 1560. The number of nitrogens with one attached hydrogen (secondary N) is 1. The quantitative estimate of drug-likeness (QED) is 0.258. The van der Waals surface area contributed by atoms with Crippen LogP contribution in [-0.2, 0) is 44.3 Å². The number of carbonyl (C=O) groups is 1. The lowest BCUT2D eigenvalue weighted by molar-refractivity contribution is -0.172. The average Bonchev–Trinajstić information content (AvgIpc) is 3.33. The lowest BCUT2D eigenvalue weighted by Gasteiger charge is -2.31. The number of aryl methyl sites for hydroxylation is 1. The standard InChI is InChI=1S/C24H22FN3O5.C4H9NO/c1-3-24(31)14-6-17-21-12(8-28(17)22(29)13(14)9-32-23(24)30)20-18(33-26)5-4-11-10(2)15(25)7-16(27-21)19(11)20;1-3-6-4-2-5-1/h6-7,18,31H,3-5,8-9,26H2,1-2H3;5H,1-4H2. The van der Waals surface area contributed by atoms with Crippen LogP contribution in [0.2, 0.25) is 0 Å². The Morgan fingerprint density at radius 2 is 2.03 bits per heavy atom. The van der Waals surface area contributed by atoms with Crippen molar-refractivity contribution < 1.29 is 28.6 Å². The van der Waals surface area contributed by atoms with Gasteiger partial charge in [-0.2, -0.15) is 0 Å². The van der Waals surface area contributed by atoms with Crippen molar-refractivity contribution in [3.63, 3.8) is 0 Å². The molecule has 0 spiro atoms. The number of carbonyl (C=O) groups excluding carboxylic acids is 1. The molecule has 1 saturated heterocycles. The molecule has 0 saturated carbocycles. The summed E-state index contributed by atoms with van der Waals surface area (Å²) in [5.41, 5.74) is 2.75. The number of hydrogen-bond donors (Lipinski definition) is 3. The van der Waals surface area contributed by atoms with E-state index in [0.717, 1.165) is 48.4 Å². The molecule has 11 heteroatoms. The third-order valence-electron chi connectivity index (χ3n) is 8.34. The van der Waals surface area contributed by atoms with Gasteiger partial charge in [-0.3, -0.25) is 9.63 Å². The van der Waals surface area contributed by atoms with Crippen LogP contribution < -0.4 is 16.8 Å². The first-order valence-electron chi connectivity index (χ1n) is 13.3. The van der Waals surface area contributed by atoms with Crippen LogP contribution in [0.5, 0.6) is 0 Å². The fourth-order valence-electron chi connectivity index (χ4n) is 6.16. The van der Waals surface area contributed by atoms with Crippen molar-refractivity contribution in [1.29, 1.82) is 0 Å². The fraction of sp³-hybridized carbons (Fsp3) is 0.464. The Morgan fingerprint density at radius 1 is 1.26 bits per heavy atom. The van der Waals surface area contributed by atoms with E-state index in [1.807, 2.05) is 0 Å². The van der Waals surface area contributed by atoms with Gasteiger partial charge in [0.05, 0.1) is 42.2 Å². The third-order valence-corrected chi connectivity index (χ3v) is 8.34. The Morgan fingerprint density at radius 3 is 2.67 bits per heavy atom. The zero-order valence-electron chi connectivity index (χ0n) is 21.9. The van der Waals surface area contributed by atoms with Gasteiger partial charge in [-0.15, -0.1) is 0 Å². The minimum absolute atomic E-state index is 0.0575. The molecule has 4 aliphatic rings. The van der Waals surface area contributed by atoms with Crippen LogP contribution >= 0.6 is 0 Å². The lowest BCUT2D eigenvalue weighted by Crippen LogP contribution is -2.44. The Hall–Kier alpha value is -3.22. The molecule has 1 fully saturated rings. The van der Waals surface area contributed by atoms with Gasteiger partial charge in [0, 0.05) is 35.7 Å². The summed E-state index contributed by atoms with van der Waals surface area (Å²) in [6.07, 6.45) is 0.833. The van der Waals surface area contributed by atoms with Crippen LogP contribution in [0, 0.1) is 12.7 Å². The summed E-state index contributed by atoms with van der Waals surface area (Å²) >= 11 is 0. The molecule has 1 aliphatic carbocycles. The molecular weight excluding hydrogens is 507 g/mol. The van der Waals surface area contributed by atoms with Gasteiger partial charge in [-0.25, -0.2) is 20.1 Å². The molecule has 0 bridgehead atoms. The Labute approximate surface area is 223 Å². The summed E-state index contributed by atoms with van der Waals surface area (Å²) in [4.78, 5) is 35.9. The first-order valence-corrected chi connectivity index (χ1v) is 13.3. The first-order chi connectivity index (χ1) is 18.8. The van der Waals surface area contributed by atoms with Crippen LogP contribution in [0.4, 0.5) is 4.39 Å². The number of pyridine rings is 2. The van der Waals surface area contributed by atoms with E-state index in [2.05, 4.69) is 5.32 Å². The van der Waals surface area contributed by atoms with Crippen LogP contribution in [-0.4, -0.2) is 46.9 Å². The number of ether oxygens (including phenoxy) is 2. The fourth-order valence-corrected chi connectivity index (χ4v) is 6.16. The van der Waals surface area contributed by atoms with Gasteiger partial charge in [0.1, 0.15) is 18.5 Å². The highest BCUT2D eigenvalue weighted by atomic mass is 19.1. The van der Waals surface area contributed by atoms with Gasteiger partial charge in [0.25, 0.3) is 5.56 Å². The molecule has 206 valence electrons. The van der Waals surface area contributed by atoms with E-state index in [4.69, 9.17) is 25.2 Å². The number of cyclic esters (lactones) is 1. The van der Waals surface area contributed by atoms with E-state index >= 15 is 0 Å². The van der Waals surface area contributed by atoms with Crippen molar-refractivity contribution in [3.05, 3.63) is 61.7 Å². The molecular formula is C28H31FN4O6. The summed E-state index contributed by atoms with van der Waals surface area (Å²) < 4.78 is 26.4. The van der Waals surface area contributed by atoms with E-state index in [1.54, 1.807) is 24.5 Å². The number of nitrogens with zero attached hydrogens (tertiary/aromatic N) is 2. The predicted molar refractivity (Wildman–Crippen MR) is 139 cm³/mol. The molecule has 2 atom stereocenters. The van der Waals surface area contributed by atoms with Crippen LogP contribution in [0.3, 0.4) is 0 Å². The maximum atomic E-state index is 14.7. The van der Waals surface area contributed by atoms with Crippen molar-refractivity contribution in [3.8, 4) is 11.4 Å². The first kappa shape index (κ1) is 26.0. The highest BCUT2D eigenvalue weighted by Crippen LogP contribution is 2.46.